The van der Waals surface area contributed by atoms with E-state index in [-0.39, 0.29) is 12.4 Å². The number of alkyl halides is 1. The normalized spacial score (nSPS) is 8.12. The smallest absolute Gasteiger partial charge is 0.145 e. The Morgan fingerprint density at radius 1 is 1.75 bits per heavy atom. The van der Waals surface area contributed by atoms with Crippen molar-refractivity contribution in [2.45, 2.75) is 5.88 Å². The third-order valence-electron chi connectivity index (χ3n) is 0.594. The van der Waals surface area contributed by atoms with E-state index in [2.05, 4.69) is 15.2 Å². The lowest BCUT2D eigenvalue weighted by molar-refractivity contribution is 1.02. The summed E-state index contributed by atoms with van der Waals surface area (Å²) in [6, 6.07) is 0. The van der Waals surface area contributed by atoms with Gasteiger partial charge in [-0.2, -0.15) is 0 Å². The molecule has 46 valence electrons. The van der Waals surface area contributed by atoms with Crippen LogP contribution in [0.5, 0.6) is 0 Å². The Kier molecular flexibility index (Phi) is 3.56. The number of hydrogen-bond acceptors (Lipinski definition) is 2. The van der Waals surface area contributed by atoms with Crippen molar-refractivity contribution in [2.75, 3.05) is 0 Å². The van der Waals surface area contributed by atoms with Gasteiger partial charge in [0.25, 0.3) is 0 Å². The fourth-order valence-corrected chi connectivity index (χ4v) is 0.427. The zero-order valence-electron chi connectivity index (χ0n) is 3.97. The minimum atomic E-state index is 0. The van der Waals surface area contributed by atoms with E-state index in [1.54, 1.807) is 0 Å². The van der Waals surface area contributed by atoms with Crippen LogP contribution in [0.15, 0.2) is 6.33 Å². The van der Waals surface area contributed by atoms with Gasteiger partial charge < -0.3 is 4.98 Å². The van der Waals surface area contributed by atoms with Crippen molar-refractivity contribution in [3.8, 4) is 0 Å². The lowest BCUT2D eigenvalue weighted by Crippen LogP contribution is -1.77. The fraction of sp³-hybridized carbons (Fsp3) is 0.333. The number of nitrogens with zero attached hydrogens (tertiary/aromatic N) is 2. The average Bonchev–Trinajstić information content (AvgIpc) is 2.14. The van der Waals surface area contributed by atoms with Gasteiger partial charge in [0, 0.05) is 0 Å². The summed E-state index contributed by atoms with van der Waals surface area (Å²) in [5, 5.41) is 7.10. The zero-order chi connectivity index (χ0) is 5.11. The van der Waals surface area contributed by atoms with Crippen LogP contribution in [-0.4, -0.2) is 15.2 Å². The number of H-pyrrole nitrogens is 1. The third kappa shape index (κ3) is 1.68. The molecule has 0 spiro atoms. The maximum atomic E-state index is 5.33. The Labute approximate surface area is 57.9 Å². The van der Waals surface area contributed by atoms with E-state index in [9.17, 15) is 0 Å². The van der Waals surface area contributed by atoms with Crippen LogP contribution in [0.25, 0.3) is 0 Å². The molecule has 0 bridgehead atoms. The molecular formula is C3H5Cl2N3. The van der Waals surface area contributed by atoms with E-state index < -0.39 is 0 Å². The van der Waals surface area contributed by atoms with Crippen LogP contribution in [0.1, 0.15) is 5.82 Å². The van der Waals surface area contributed by atoms with Crippen molar-refractivity contribution >= 4 is 24.0 Å². The molecule has 8 heavy (non-hydrogen) atoms. The van der Waals surface area contributed by atoms with Crippen LogP contribution in [0, 0.1) is 0 Å². The van der Waals surface area contributed by atoms with E-state index in [1.807, 2.05) is 0 Å². The van der Waals surface area contributed by atoms with E-state index in [0.717, 1.165) is 0 Å². The molecule has 5 heteroatoms. The van der Waals surface area contributed by atoms with Crippen LogP contribution in [0.3, 0.4) is 0 Å². The van der Waals surface area contributed by atoms with Crippen molar-refractivity contribution in [2.24, 2.45) is 0 Å². The molecule has 1 rings (SSSR count). The number of rotatable bonds is 1. The van der Waals surface area contributed by atoms with E-state index >= 15 is 0 Å². The van der Waals surface area contributed by atoms with Crippen LogP contribution < -0.4 is 0 Å². The SMILES string of the molecule is Cl.ClCc1nnc[nH]1. The van der Waals surface area contributed by atoms with Crippen LogP contribution >= 0.6 is 24.0 Å². The monoisotopic (exact) mass is 153 g/mol. The Bertz CT molecular complexity index is 127. The van der Waals surface area contributed by atoms with Gasteiger partial charge in [0.05, 0.1) is 5.88 Å². The largest absolute Gasteiger partial charge is 0.331 e. The minimum Gasteiger partial charge on any atom is -0.331 e. The fourth-order valence-electron chi connectivity index (χ4n) is 0.296. The summed E-state index contributed by atoms with van der Waals surface area (Å²) in [6.07, 6.45) is 1.50. The van der Waals surface area contributed by atoms with Gasteiger partial charge in [-0.1, -0.05) is 0 Å². The summed E-state index contributed by atoms with van der Waals surface area (Å²) in [6.45, 7) is 0. The number of hydrogen-bond donors (Lipinski definition) is 1. The van der Waals surface area contributed by atoms with Gasteiger partial charge in [-0.3, -0.25) is 0 Å². The molecule has 0 saturated carbocycles. The maximum Gasteiger partial charge on any atom is 0.145 e. The second-order valence-electron chi connectivity index (χ2n) is 1.07. The zero-order valence-corrected chi connectivity index (χ0v) is 5.54. The number of aromatic amines is 1. The molecule has 0 radical (unpaired) electrons. The molecular weight excluding hydrogens is 149 g/mol. The van der Waals surface area contributed by atoms with Crippen molar-refractivity contribution in [1.82, 2.24) is 15.2 Å². The first-order chi connectivity index (χ1) is 3.43. The van der Waals surface area contributed by atoms with Gasteiger partial charge >= 0.3 is 0 Å². The number of halogens is 2. The predicted octanol–water partition coefficient (Wildman–Crippen LogP) is 0.965. The summed E-state index contributed by atoms with van der Waals surface area (Å²) >= 11 is 5.33. The van der Waals surface area contributed by atoms with Crippen molar-refractivity contribution in [3.63, 3.8) is 0 Å². The average molecular weight is 154 g/mol. The summed E-state index contributed by atoms with van der Waals surface area (Å²) < 4.78 is 0. The van der Waals surface area contributed by atoms with Crippen LogP contribution in [-0.2, 0) is 5.88 Å². The summed E-state index contributed by atoms with van der Waals surface area (Å²) in [5.74, 6) is 1.11. The predicted molar refractivity (Wildman–Crippen MR) is 33.2 cm³/mol. The highest BCUT2D eigenvalue weighted by Gasteiger charge is 1.86. The highest BCUT2D eigenvalue weighted by atomic mass is 35.5. The second-order valence-corrected chi connectivity index (χ2v) is 1.34. The van der Waals surface area contributed by atoms with Gasteiger partial charge in [0.15, 0.2) is 0 Å². The van der Waals surface area contributed by atoms with Crippen LogP contribution in [0.2, 0.25) is 0 Å². The first kappa shape index (κ1) is 7.72. The quantitative estimate of drug-likeness (QED) is 0.612. The molecule has 0 unspecified atom stereocenters. The molecule has 0 saturated heterocycles. The summed E-state index contributed by atoms with van der Waals surface area (Å²) in [4.78, 5) is 2.73. The highest BCUT2D eigenvalue weighted by Crippen LogP contribution is 1.88. The molecule has 0 aromatic carbocycles. The lowest BCUT2D eigenvalue weighted by atomic mass is 10.7. The number of aromatic nitrogens is 3. The number of nitrogens with one attached hydrogen (secondary N) is 1. The Morgan fingerprint density at radius 3 is 2.75 bits per heavy atom. The molecule has 0 atom stereocenters. The van der Waals surface area contributed by atoms with E-state index in [4.69, 9.17) is 11.6 Å². The van der Waals surface area contributed by atoms with Gasteiger partial charge in [-0.15, -0.1) is 34.2 Å². The Morgan fingerprint density at radius 2 is 2.50 bits per heavy atom. The molecule has 0 aliphatic heterocycles. The summed E-state index contributed by atoms with van der Waals surface area (Å²) in [5.41, 5.74) is 0. The molecule has 0 aliphatic carbocycles. The molecule has 1 heterocycles. The van der Waals surface area contributed by atoms with Gasteiger partial charge in [0.2, 0.25) is 0 Å². The molecule has 3 nitrogen and oxygen atoms in total. The molecule has 1 aromatic rings. The molecule has 1 N–H and O–H groups in total. The Balaban J connectivity index is 0.000000490. The van der Waals surface area contributed by atoms with Crippen molar-refractivity contribution in [3.05, 3.63) is 12.2 Å². The topological polar surface area (TPSA) is 41.6 Å². The van der Waals surface area contributed by atoms with Crippen LogP contribution in [0.4, 0.5) is 0 Å². The van der Waals surface area contributed by atoms with Crippen molar-refractivity contribution < 1.29 is 0 Å². The van der Waals surface area contributed by atoms with Gasteiger partial charge in [-0.25, -0.2) is 0 Å². The molecule has 1 aromatic heterocycles. The standard InChI is InChI=1S/C3H4ClN3.ClH/c4-1-3-5-2-6-7-3;/h2H,1H2,(H,5,6,7);1H. The summed E-state index contributed by atoms with van der Waals surface area (Å²) in [7, 11) is 0. The van der Waals surface area contributed by atoms with E-state index in [0.29, 0.717) is 11.7 Å². The van der Waals surface area contributed by atoms with Gasteiger partial charge in [0.1, 0.15) is 12.2 Å². The molecule has 0 fully saturated rings. The Hall–Kier alpha value is -0.280. The first-order valence-electron chi connectivity index (χ1n) is 1.84. The minimum absolute atomic E-state index is 0. The second kappa shape index (κ2) is 3.69. The lowest BCUT2D eigenvalue weighted by Gasteiger charge is -1.75. The molecule has 0 aliphatic rings. The third-order valence-corrected chi connectivity index (χ3v) is 0.847. The van der Waals surface area contributed by atoms with Crippen molar-refractivity contribution in [1.29, 1.82) is 0 Å². The first-order valence-corrected chi connectivity index (χ1v) is 2.38. The maximum absolute atomic E-state index is 5.33. The van der Waals surface area contributed by atoms with E-state index in [1.165, 1.54) is 6.33 Å². The highest BCUT2D eigenvalue weighted by molar-refractivity contribution is 6.16. The molecule has 0 amide bonds. The van der Waals surface area contributed by atoms with Gasteiger partial charge in [-0.05, 0) is 0 Å².